The molecule has 0 spiro atoms. The van der Waals surface area contributed by atoms with Crippen LogP contribution in [0.2, 0.25) is 0 Å². The number of carbonyl (C=O) groups excluding carboxylic acids is 2. The van der Waals surface area contributed by atoms with Gasteiger partial charge < -0.3 is 9.53 Å². The van der Waals surface area contributed by atoms with E-state index in [4.69, 9.17) is 7.48 Å². The summed E-state index contributed by atoms with van der Waals surface area (Å²) in [4.78, 5) is 22.7. The van der Waals surface area contributed by atoms with Crippen LogP contribution in [0.15, 0.2) is 30.3 Å². The number of carbonyl (C=O) groups is 2. The molecule has 0 unspecified atom stereocenters. The topological polar surface area (TPSA) is 43.4 Å². The van der Waals surface area contributed by atoms with Gasteiger partial charge in [0.25, 0.3) is 0 Å². The van der Waals surface area contributed by atoms with E-state index in [1.54, 1.807) is 30.3 Å². The Bertz CT molecular complexity index is 420. The van der Waals surface area contributed by atoms with Crippen LogP contribution in [0.5, 0.6) is 0 Å². The molecule has 0 fully saturated rings. The van der Waals surface area contributed by atoms with Gasteiger partial charge in [0.15, 0.2) is 0 Å². The largest absolute Gasteiger partial charge is 0.459 e. The molecule has 1 rings (SSSR count). The molecule has 1 aromatic carbocycles. The zero-order chi connectivity index (χ0) is 13.7. The molecular formula is C13H16O3. The fourth-order valence-electron chi connectivity index (χ4n) is 1.12. The normalized spacial score (nSPS) is 17.6. The monoisotopic (exact) mass is 222 g/mol. The van der Waals surface area contributed by atoms with Gasteiger partial charge in [0, 0.05) is 9.14 Å². The zero-order valence-electron chi connectivity index (χ0n) is 11.3. The van der Waals surface area contributed by atoms with Crippen LogP contribution in [0.3, 0.4) is 0 Å². The van der Waals surface area contributed by atoms with Gasteiger partial charge in [-0.15, -0.1) is 0 Å². The van der Waals surface area contributed by atoms with Crippen molar-refractivity contribution in [2.75, 3.05) is 0 Å². The Kier molecular flexibility index (Phi) is 3.62. The Labute approximate surface area is 98.2 Å². The van der Waals surface area contributed by atoms with E-state index in [1.807, 2.05) is 0 Å². The molecule has 0 N–H and O–H groups in total. The molecule has 0 aliphatic carbocycles. The molecule has 86 valence electrons. The van der Waals surface area contributed by atoms with Crippen molar-refractivity contribution in [3.63, 3.8) is 0 Å². The van der Waals surface area contributed by atoms with Gasteiger partial charge >= 0.3 is 5.97 Å². The van der Waals surface area contributed by atoms with E-state index < -0.39 is 30.7 Å². The van der Waals surface area contributed by atoms with Gasteiger partial charge in [-0.2, -0.15) is 0 Å². The van der Waals surface area contributed by atoms with Crippen LogP contribution in [-0.2, 0) is 9.53 Å². The molecule has 0 aliphatic rings. The molecule has 16 heavy (non-hydrogen) atoms. The van der Waals surface area contributed by atoms with Crippen molar-refractivity contribution < 1.29 is 17.1 Å². The lowest BCUT2D eigenvalue weighted by Gasteiger charge is -2.12. The van der Waals surface area contributed by atoms with E-state index in [2.05, 4.69) is 0 Å². The maximum atomic E-state index is 11.7. The summed E-state index contributed by atoms with van der Waals surface area (Å²) in [7, 11) is 0. The van der Waals surface area contributed by atoms with Gasteiger partial charge in [0.2, 0.25) is 0 Å². The standard InChI is InChI=1S/C13H16O3/c1-10(14)8-9-11(2)16-13(15)12-6-4-3-5-7-12/h3-7,11H,8-9H2,1-2H3/t11-/m1/s1/i8D,9D/t8-,9+,11-. The highest BCUT2D eigenvalue weighted by Gasteiger charge is 2.11. The summed E-state index contributed by atoms with van der Waals surface area (Å²) in [5.74, 6) is -0.950. The Hall–Kier alpha value is -1.64. The predicted octanol–water partition coefficient (Wildman–Crippen LogP) is 2.60. The molecule has 0 bridgehead atoms. The van der Waals surface area contributed by atoms with Crippen LogP contribution in [0, 0.1) is 0 Å². The fourth-order valence-corrected chi connectivity index (χ4v) is 1.12. The van der Waals surface area contributed by atoms with Crippen molar-refractivity contribution >= 4 is 11.8 Å². The Morgan fingerprint density at radius 3 is 2.56 bits per heavy atom. The number of esters is 1. The summed E-state index contributed by atoms with van der Waals surface area (Å²) in [6.07, 6.45) is -3.07. The second kappa shape index (κ2) is 6.05. The third kappa shape index (κ3) is 4.26. The quantitative estimate of drug-likeness (QED) is 0.719. The maximum absolute atomic E-state index is 11.7. The summed E-state index contributed by atoms with van der Waals surface area (Å²) in [6, 6.07) is 8.42. The van der Waals surface area contributed by atoms with E-state index in [0.29, 0.717) is 5.56 Å². The summed E-state index contributed by atoms with van der Waals surface area (Å²) in [5, 5.41) is 0. The SMILES string of the molecule is [2H][C@H]([C@@H](C)OC(=O)c1ccccc1)[C@@H]([2H])C(C)=O. The average molecular weight is 222 g/mol. The molecule has 3 atom stereocenters. The number of benzene rings is 1. The molecule has 0 amide bonds. The van der Waals surface area contributed by atoms with Crippen molar-refractivity contribution in [1.82, 2.24) is 0 Å². The highest BCUT2D eigenvalue weighted by Crippen LogP contribution is 2.07. The summed E-state index contributed by atoms with van der Waals surface area (Å²) >= 11 is 0. The van der Waals surface area contributed by atoms with Crippen LogP contribution >= 0.6 is 0 Å². The van der Waals surface area contributed by atoms with Gasteiger partial charge in [-0.05, 0) is 32.4 Å². The van der Waals surface area contributed by atoms with Gasteiger partial charge in [-0.3, -0.25) is 0 Å². The first kappa shape index (κ1) is 9.58. The van der Waals surface area contributed by atoms with E-state index >= 15 is 0 Å². The van der Waals surface area contributed by atoms with Gasteiger partial charge in [0.1, 0.15) is 5.78 Å². The Balaban J connectivity index is 2.62. The number of ketones is 1. The summed E-state index contributed by atoms with van der Waals surface area (Å²) < 4.78 is 20.2. The van der Waals surface area contributed by atoms with E-state index in [0.717, 1.165) is 0 Å². The summed E-state index contributed by atoms with van der Waals surface area (Å²) in [5.41, 5.74) is 0.390. The third-order valence-corrected chi connectivity index (χ3v) is 1.90. The Morgan fingerprint density at radius 2 is 2.00 bits per heavy atom. The number of ether oxygens (including phenoxy) is 1. The van der Waals surface area contributed by atoms with Crippen LogP contribution in [-0.4, -0.2) is 17.9 Å². The molecule has 0 aromatic heterocycles. The van der Waals surface area contributed by atoms with Crippen molar-refractivity contribution in [3.05, 3.63) is 35.9 Å². The lowest BCUT2D eigenvalue weighted by atomic mass is 10.1. The first-order chi connectivity index (χ1) is 8.43. The molecule has 1 aromatic rings. The number of rotatable bonds is 5. The molecule has 0 aliphatic heterocycles. The smallest absolute Gasteiger partial charge is 0.338 e. The van der Waals surface area contributed by atoms with Crippen molar-refractivity contribution in [2.24, 2.45) is 0 Å². The van der Waals surface area contributed by atoms with E-state index in [9.17, 15) is 9.59 Å². The third-order valence-electron chi connectivity index (χ3n) is 1.90. The Morgan fingerprint density at radius 1 is 1.38 bits per heavy atom. The molecular weight excluding hydrogens is 204 g/mol. The van der Waals surface area contributed by atoms with Gasteiger partial charge in [0.05, 0.1) is 11.7 Å². The highest BCUT2D eigenvalue weighted by atomic mass is 16.5. The average Bonchev–Trinajstić information content (AvgIpc) is 2.37. The van der Waals surface area contributed by atoms with Gasteiger partial charge in [-0.1, -0.05) is 18.2 Å². The minimum absolute atomic E-state index is 0.390. The minimum Gasteiger partial charge on any atom is -0.459 e. The first-order valence-corrected chi connectivity index (χ1v) is 5.04. The molecule has 3 nitrogen and oxygen atoms in total. The summed E-state index contributed by atoms with van der Waals surface area (Å²) in [6.45, 7) is 2.77. The van der Waals surface area contributed by atoms with Crippen LogP contribution in [0.1, 0.15) is 39.7 Å². The minimum atomic E-state index is -1.19. The van der Waals surface area contributed by atoms with Crippen LogP contribution < -0.4 is 0 Å². The highest BCUT2D eigenvalue weighted by molar-refractivity contribution is 5.89. The van der Waals surface area contributed by atoms with Crippen LogP contribution in [0.25, 0.3) is 0 Å². The lowest BCUT2D eigenvalue weighted by Crippen LogP contribution is -2.15. The van der Waals surface area contributed by atoms with E-state index in [1.165, 1.54) is 13.8 Å². The molecule has 0 saturated carbocycles. The molecule has 3 heteroatoms. The number of hydrogen-bond donors (Lipinski definition) is 0. The first-order valence-electron chi connectivity index (χ1n) is 6.20. The van der Waals surface area contributed by atoms with Crippen LogP contribution in [0.4, 0.5) is 0 Å². The maximum Gasteiger partial charge on any atom is 0.338 e. The molecule has 0 heterocycles. The molecule has 0 saturated heterocycles. The second-order valence-corrected chi connectivity index (χ2v) is 3.45. The predicted molar refractivity (Wildman–Crippen MR) is 61.2 cm³/mol. The number of Topliss-reactive ketones (excluding diaryl/α,β-unsaturated/α-hetero) is 1. The van der Waals surface area contributed by atoms with Crippen molar-refractivity contribution in [1.29, 1.82) is 0 Å². The number of hydrogen-bond acceptors (Lipinski definition) is 3. The molecule has 0 radical (unpaired) electrons. The zero-order valence-corrected chi connectivity index (χ0v) is 9.34. The van der Waals surface area contributed by atoms with Crippen molar-refractivity contribution in [2.45, 2.75) is 32.7 Å². The fraction of sp³-hybridized carbons (Fsp3) is 0.385. The van der Waals surface area contributed by atoms with Gasteiger partial charge in [-0.25, -0.2) is 4.79 Å². The van der Waals surface area contributed by atoms with Crippen molar-refractivity contribution in [3.8, 4) is 0 Å². The van der Waals surface area contributed by atoms with E-state index in [-0.39, 0.29) is 0 Å². The second-order valence-electron chi connectivity index (χ2n) is 3.45. The lowest BCUT2D eigenvalue weighted by molar-refractivity contribution is -0.117.